The van der Waals surface area contributed by atoms with E-state index in [-0.39, 0.29) is 36.8 Å². The van der Waals surface area contributed by atoms with Crippen molar-refractivity contribution in [2.45, 2.75) is 32.1 Å². The van der Waals surface area contributed by atoms with Crippen molar-refractivity contribution in [3.05, 3.63) is 123 Å². The van der Waals surface area contributed by atoms with Gasteiger partial charge in [-0.25, -0.2) is 29.3 Å². The molecule has 6 rings (SSSR count). The Kier molecular flexibility index (Phi) is 13.6. The summed E-state index contributed by atoms with van der Waals surface area (Å²) in [6, 6.07) is 26.7. The molecule has 1 fully saturated rings. The molecule has 2 unspecified atom stereocenters. The molecule has 1 aliphatic rings. The van der Waals surface area contributed by atoms with E-state index in [0.29, 0.717) is 43.4 Å². The molecule has 0 aliphatic carbocycles. The second-order valence-electron chi connectivity index (χ2n) is 9.81. The van der Waals surface area contributed by atoms with E-state index < -0.39 is 0 Å². The van der Waals surface area contributed by atoms with E-state index in [1.165, 1.54) is 7.11 Å². The first-order valence-corrected chi connectivity index (χ1v) is 16.0. The Morgan fingerprint density at radius 1 is 0.830 bits per heavy atom. The SMILES string of the molecule is CCOC(=O)c1ccccc1.COC(=O)c1ccccc1.O=C(OCC1CCC(n2cnc3c(Cl)nc(I)nc32)O1)c1ccccc1. The third-order valence-corrected chi connectivity index (χ3v) is 7.38. The Balaban J connectivity index is 0.000000196. The van der Waals surface area contributed by atoms with Crippen LogP contribution in [0.5, 0.6) is 0 Å². The van der Waals surface area contributed by atoms with Crippen molar-refractivity contribution < 1.29 is 33.3 Å². The summed E-state index contributed by atoms with van der Waals surface area (Å²) >= 11 is 8.14. The number of ether oxygens (including phenoxy) is 4. The Morgan fingerprint density at radius 2 is 1.36 bits per heavy atom. The van der Waals surface area contributed by atoms with Crippen molar-refractivity contribution in [1.29, 1.82) is 0 Å². The number of methoxy groups -OCH3 is 1. The lowest BCUT2D eigenvalue weighted by atomic mass is 10.2. The predicted molar refractivity (Wildman–Crippen MR) is 183 cm³/mol. The van der Waals surface area contributed by atoms with E-state index in [4.69, 9.17) is 25.8 Å². The number of imidazole rings is 1. The fourth-order valence-corrected chi connectivity index (χ4v) is 5.21. The second-order valence-corrected chi connectivity index (χ2v) is 11.1. The van der Waals surface area contributed by atoms with Crippen molar-refractivity contribution >= 4 is 63.3 Å². The maximum Gasteiger partial charge on any atom is 0.338 e. The Bertz CT molecular complexity index is 1760. The van der Waals surface area contributed by atoms with Crippen molar-refractivity contribution in [2.24, 2.45) is 0 Å². The molecule has 5 aromatic rings. The molecule has 0 N–H and O–H groups in total. The molecule has 2 aromatic heterocycles. The van der Waals surface area contributed by atoms with E-state index in [9.17, 15) is 14.4 Å². The van der Waals surface area contributed by atoms with Crippen LogP contribution in [0.1, 0.15) is 57.1 Å². The first-order chi connectivity index (χ1) is 22.8. The number of nitrogens with zero attached hydrogens (tertiary/aromatic N) is 4. The average molecular weight is 771 g/mol. The lowest BCUT2D eigenvalue weighted by Crippen LogP contribution is -2.19. The summed E-state index contributed by atoms with van der Waals surface area (Å²) in [6.45, 7) is 2.43. The van der Waals surface area contributed by atoms with Crippen LogP contribution in [0.3, 0.4) is 0 Å². The fraction of sp³-hybridized carbons (Fsp3) is 0.235. The quantitative estimate of drug-likeness (QED) is 0.0563. The highest BCUT2D eigenvalue weighted by atomic mass is 127. The predicted octanol–water partition coefficient (Wildman–Crippen LogP) is 6.96. The lowest BCUT2D eigenvalue weighted by molar-refractivity contribution is -0.0309. The Hall–Kier alpha value is -4.40. The van der Waals surface area contributed by atoms with Crippen LogP contribution >= 0.6 is 34.2 Å². The number of aromatic nitrogens is 4. The van der Waals surface area contributed by atoms with Gasteiger partial charge in [0, 0.05) is 22.6 Å². The molecule has 3 heterocycles. The number of benzene rings is 3. The zero-order chi connectivity index (χ0) is 33.6. The van der Waals surface area contributed by atoms with Crippen LogP contribution in [0.4, 0.5) is 0 Å². The minimum absolute atomic E-state index is 0.165. The smallest absolute Gasteiger partial charge is 0.338 e. The lowest BCUT2D eigenvalue weighted by Gasteiger charge is -2.15. The number of hydrogen-bond donors (Lipinski definition) is 0. The molecule has 13 heteroatoms. The summed E-state index contributed by atoms with van der Waals surface area (Å²) in [6.07, 6.45) is 2.83. The summed E-state index contributed by atoms with van der Waals surface area (Å²) in [5, 5.41) is 0.324. The minimum atomic E-state index is -0.347. The van der Waals surface area contributed by atoms with Crippen molar-refractivity contribution in [3.8, 4) is 0 Å². The minimum Gasteiger partial charge on any atom is -0.465 e. The van der Waals surface area contributed by atoms with Gasteiger partial charge in [0.1, 0.15) is 18.4 Å². The van der Waals surface area contributed by atoms with Gasteiger partial charge in [-0.1, -0.05) is 66.2 Å². The van der Waals surface area contributed by atoms with Crippen LogP contribution in [0.2, 0.25) is 5.15 Å². The summed E-state index contributed by atoms with van der Waals surface area (Å²) in [4.78, 5) is 46.6. The molecule has 1 aliphatic heterocycles. The number of rotatable bonds is 7. The summed E-state index contributed by atoms with van der Waals surface area (Å²) in [5.41, 5.74) is 2.92. The molecule has 0 saturated carbocycles. The number of hydrogen-bond acceptors (Lipinski definition) is 10. The Morgan fingerprint density at radius 3 is 1.89 bits per heavy atom. The molecular weight excluding hydrogens is 739 g/mol. The van der Waals surface area contributed by atoms with Gasteiger partial charge in [-0.2, -0.15) is 0 Å². The van der Waals surface area contributed by atoms with E-state index in [1.54, 1.807) is 73.9 Å². The van der Waals surface area contributed by atoms with Crippen molar-refractivity contribution in [2.75, 3.05) is 20.3 Å². The first-order valence-electron chi connectivity index (χ1n) is 14.6. The molecule has 244 valence electrons. The maximum atomic E-state index is 12.0. The van der Waals surface area contributed by atoms with Crippen LogP contribution < -0.4 is 0 Å². The van der Waals surface area contributed by atoms with Crippen molar-refractivity contribution in [3.63, 3.8) is 0 Å². The highest BCUT2D eigenvalue weighted by molar-refractivity contribution is 14.1. The largest absolute Gasteiger partial charge is 0.465 e. The maximum absolute atomic E-state index is 12.0. The zero-order valence-electron chi connectivity index (χ0n) is 25.6. The fourth-order valence-electron chi connectivity index (χ4n) is 4.39. The normalized spacial score (nSPS) is 15.0. The average Bonchev–Trinajstić information content (AvgIpc) is 3.76. The molecule has 47 heavy (non-hydrogen) atoms. The van der Waals surface area contributed by atoms with Crippen LogP contribution in [0.25, 0.3) is 11.2 Å². The summed E-state index contributed by atoms with van der Waals surface area (Å²) in [7, 11) is 1.37. The van der Waals surface area contributed by atoms with E-state index >= 15 is 0 Å². The van der Waals surface area contributed by atoms with Gasteiger partial charge in [0.15, 0.2) is 14.6 Å². The summed E-state index contributed by atoms with van der Waals surface area (Å²) < 4.78 is 23.1. The van der Waals surface area contributed by atoms with Crippen molar-refractivity contribution in [1.82, 2.24) is 19.5 Å². The number of carbonyl (C=O) groups excluding carboxylic acids is 3. The standard InChI is InChI=1S/C17H14ClIN4O3.C9H10O2.C8H8O2/c18-14-13-15(22-17(19)21-14)23(9-20-13)12-7-6-11(26-12)8-25-16(24)10-4-2-1-3-5-10;1-2-11-9(10)8-6-4-3-5-7-8;1-10-8(9)7-5-3-2-4-6-7/h1-5,9,11-12H,6-8H2;3-7H,2H2,1H3;2-6H,1H3. The highest BCUT2D eigenvalue weighted by Crippen LogP contribution is 2.32. The van der Waals surface area contributed by atoms with Gasteiger partial charge in [0.25, 0.3) is 0 Å². The van der Waals surface area contributed by atoms with Gasteiger partial charge in [-0.05, 0) is 56.2 Å². The van der Waals surface area contributed by atoms with Gasteiger partial charge in [0.05, 0.1) is 42.8 Å². The molecule has 3 aromatic carbocycles. The van der Waals surface area contributed by atoms with E-state index in [1.807, 2.05) is 57.5 Å². The number of carbonyl (C=O) groups is 3. The third kappa shape index (κ3) is 10.3. The van der Waals surface area contributed by atoms with Crippen LogP contribution in [-0.2, 0) is 18.9 Å². The van der Waals surface area contributed by atoms with Gasteiger partial charge in [0.2, 0.25) is 0 Å². The van der Waals surface area contributed by atoms with Gasteiger partial charge < -0.3 is 18.9 Å². The molecule has 0 amide bonds. The van der Waals surface area contributed by atoms with Crippen LogP contribution in [-0.4, -0.2) is 63.9 Å². The van der Waals surface area contributed by atoms with Crippen LogP contribution in [0, 0.1) is 3.83 Å². The molecule has 1 saturated heterocycles. The van der Waals surface area contributed by atoms with E-state index in [2.05, 4.69) is 19.7 Å². The molecular formula is C34H32ClIN4O7. The molecule has 2 atom stereocenters. The number of halogens is 2. The second kappa shape index (κ2) is 18.1. The zero-order valence-corrected chi connectivity index (χ0v) is 28.5. The van der Waals surface area contributed by atoms with Gasteiger partial charge in [-0.15, -0.1) is 0 Å². The van der Waals surface area contributed by atoms with E-state index in [0.717, 1.165) is 12.8 Å². The highest BCUT2D eigenvalue weighted by Gasteiger charge is 2.29. The third-order valence-electron chi connectivity index (χ3n) is 6.64. The van der Waals surface area contributed by atoms with Gasteiger partial charge >= 0.3 is 17.9 Å². The monoisotopic (exact) mass is 770 g/mol. The molecule has 11 nitrogen and oxygen atoms in total. The number of esters is 3. The molecule has 0 spiro atoms. The van der Waals surface area contributed by atoms with Crippen LogP contribution in [0.15, 0.2) is 97.3 Å². The summed E-state index contributed by atoms with van der Waals surface area (Å²) in [5.74, 6) is -0.895. The topological polar surface area (TPSA) is 132 Å². The number of fused-ring (bicyclic) bond motifs is 1. The first kappa shape index (κ1) is 35.5. The van der Waals surface area contributed by atoms with Gasteiger partial charge in [-0.3, -0.25) is 4.57 Å². The Labute approximate surface area is 290 Å². The molecule has 0 bridgehead atoms. The molecule has 0 radical (unpaired) electrons.